The summed E-state index contributed by atoms with van der Waals surface area (Å²) in [5.74, 6) is 0.892. The molecule has 9 nitrogen and oxygen atoms in total. The van der Waals surface area contributed by atoms with Crippen LogP contribution in [0, 0.1) is 10.8 Å². The molecule has 0 atom stereocenters. The minimum atomic E-state index is -0.257. The number of hydrogen-bond acceptors (Lipinski definition) is 10. The first-order chi connectivity index (χ1) is 14.0. The SMILES string of the molecule is COc1ccc(N2CCOCC2)c2sc(C(=O)NCCSC(=N)SC(=N)N)nc12. The van der Waals surface area contributed by atoms with Crippen molar-refractivity contribution in [1.82, 2.24) is 10.3 Å². The Balaban J connectivity index is 1.70. The van der Waals surface area contributed by atoms with Gasteiger partial charge in [0.25, 0.3) is 5.91 Å². The molecule has 0 unspecified atom stereocenters. The normalized spacial score (nSPS) is 14.0. The van der Waals surface area contributed by atoms with Crippen LogP contribution in [0.25, 0.3) is 10.2 Å². The highest BCUT2D eigenvalue weighted by atomic mass is 32.2. The van der Waals surface area contributed by atoms with Gasteiger partial charge in [0.15, 0.2) is 10.2 Å². The Morgan fingerprint density at radius 1 is 1.41 bits per heavy atom. The Morgan fingerprint density at radius 3 is 2.86 bits per heavy atom. The minimum Gasteiger partial charge on any atom is -0.494 e. The molecule has 0 saturated carbocycles. The predicted octanol–water partition coefficient (Wildman–Crippen LogP) is 2.17. The lowest BCUT2D eigenvalue weighted by Crippen LogP contribution is -2.36. The molecule has 2 heterocycles. The highest BCUT2D eigenvalue weighted by molar-refractivity contribution is 8.44. The number of methoxy groups -OCH3 is 1. The molecule has 3 rings (SSSR count). The quantitative estimate of drug-likeness (QED) is 0.296. The average Bonchev–Trinajstić information content (AvgIpc) is 3.16. The number of thiazole rings is 1. The number of rotatable bonds is 6. The first kappa shape index (κ1) is 21.7. The van der Waals surface area contributed by atoms with Crippen molar-refractivity contribution in [2.45, 2.75) is 0 Å². The highest BCUT2D eigenvalue weighted by Gasteiger charge is 2.21. The maximum Gasteiger partial charge on any atom is 0.280 e. The van der Waals surface area contributed by atoms with Crippen molar-refractivity contribution in [3.63, 3.8) is 0 Å². The van der Waals surface area contributed by atoms with E-state index < -0.39 is 0 Å². The zero-order chi connectivity index (χ0) is 20.8. The summed E-state index contributed by atoms with van der Waals surface area (Å²) in [6.07, 6.45) is 0. The fraction of sp³-hybridized carbons (Fsp3) is 0.412. The van der Waals surface area contributed by atoms with Crippen LogP contribution in [0.5, 0.6) is 5.75 Å². The monoisotopic (exact) mass is 454 g/mol. The number of amides is 1. The van der Waals surface area contributed by atoms with Crippen LogP contribution < -0.4 is 20.7 Å². The number of ether oxygens (including phenoxy) is 2. The van der Waals surface area contributed by atoms with Gasteiger partial charge in [0, 0.05) is 25.4 Å². The molecule has 1 amide bonds. The third-order valence-corrected chi connectivity index (χ3v) is 6.83. The zero-order valence-corrected chi connectivity index (χ0v) is 18.3. The van der Waals surface area contributed by atoms with E-state index in [-0.39, 0.29) is 15.5 Å². The van der Waals surface area contributed by atoms with Crippen molar-refractivity contribution in [3.8, 4) is 5.75 Å². The second-order valence-electron chi connectivity index (χ2n) is 5.94. The van der Waals surface area contributed by atoms with Crippen molar-refractivity contribution in [1.29, 1.82) is 10.8 Å². The van der Waals surface area contributed by atoms with Crippen molar-refractivity contribution in [2.75, 3.05) is 50.6 Å². The Kier molecular flexibility index (Phi) is 7.58. The minimum absolute atomic E-state index is 0.119. The molecule has 1 aliphatic heterocycles. The summed E-state index contributed by atoms with van der Waals surface area (Å²) in [4.78, 5) is 19.3. The molecule has 0 aliphatic carbocycles. The van der Waals surface area contributed by atoms with Gasteiger partial charge in [-0.25, -0.2) is 4.98 Å². The van der Waals surface area contributed by atoms with Crippen LogP contribution in [0.4, 0.5) is 5.69 Å². The second kappa shape index (κ2) is 10.1. The standard InChI is InChI=1S/C17H22N6O3S3/c1-25-11-3-2-10(23-5-7-26-8-6-23)13-12(11)22-15(28-13)14(24)21-4-9-27-17(20)29-16(18)19/h2-3,20H,4-9H2,1H3,(H3,18,19)(H,21,24). The lowest BCUT2D eigenvalue weighted by Gasteiger charge is -2.29. The molecule has 0 radical (unpaired) electrons. The number of anilines is 1. The molecule has 156 valence electrons. The Morgan fingerprint density at radius 2 is 2.17 bits per heavy atom. The fourth-order valence-electron chi connectivity index (χ4n) is 2.80. The molecular weight excluding hydrogens is 432 g/mol. The molecule has 0 spiro atoms. The van der Waals surface area contributed by atoms with Crippen molar-refractivity contribution < 1.29 is 14.3 Å². The number of nitrogens with two attached hydrogens (primary N) is 1. The van der Waals surface area contributed by atoms with E-state index in [1.807, 2.05) is 12.1 Å². The first-order valence-electron chi connectivity index (χ1n) is 8.81. The topological polar surface area (TPSA) is 137 Å². The summed E-state index contributed by atoms with van der Waals surface area (Å²) in [7, 11) is 1.59. The molecule has 1 aromatic heterocycles. The summed E-state index contributed by atoms with van der Waals surface area (Å²) < 4.78 is 12.0. The van der Waals surface area contributed by atoms with Gasteiger partial charge >= 0.3 is 0 Å². The van der Waals surface area contributed by atoms with E-state index in [2.05, 4.69) is 15.2 Å². The lowest BCUT2D eigenvalue weighted by atomic mass is 10.2. The van der Waals surface area contributed by atoms with Gasteiger partial charge < -0.3 is 25.4 Å². The highest BCUT2D eigenvalue weighted by Crippen LogP contribution is 2.37. The molecular formula is C17H22N6O3S3. The van der Waals surface area contributed by atoms with E-state index in [9.17, 15) is 4.79 Å². The van der Waals surface area contributed by atoms with E-state index in [0.29, 0.717) is 41.8 Å². The molecule has 0 bridgehead atoms. The first-order valence-corrected chi connectivity index (χ1v) is 11.4. The van der Waals surface area contributed by atoms with Crippen LogP contribution in [0.15, 0.2) is 12.1 Å². The van der Waals surface area contributed by atoms with Crippen LogP contribution in [0.2, 0.25) is 0 Å². The molecule has 12 heteroatoms. The molecule has 29 heavy (non-hydrogen) atoms. The number of thioether (sulfide) groups is 2. The van der Waals surface area contributed by atoms with Gasteiger partial charge in [0.05, 0.1) is 30.7 Å². The van der Waals surface area contributed by atoms with Gasteiger partial charge in [0.1, 0.15) is 15.6 Å². The van der Waals surface area contributed by atoms with E-state index in [1.54, 1.807) is 7.11 Å². The van der Waals surface area contributed by atoms with E-state index in [0.717, 1.165) is 35.2 Å². The second-order valence-corrected chi connectivity index (χ2v) is 9.36. The molecule has 1 aliphatic rings. The summed E-state index contributed by atoms with van der Waals surface area (Å²) >= 11 is 3.46. The number of morpholine rings is 1. The van der Waals surface area contributed by atoms with E-state index >= 15 is 0 Å². The summed E-state index contributed by atoms with van der Waals surface area (Å²) in [5, 5.41) is 17.9. The van der Waals surface area contributed by atoms with Crippen LogP contribution in [0.3, 0.4) is 0 Å². The average molecular weight is 455 g/mol. The summed E-state index contributed by atoms with van der Waals surface area (Å²) in [6, 6.07) is 3.88. The number of aromatic nitrogens is 1. The zero-order valence-electron chi connectivity index (χ0n) is 15.8. The van der Waals surface area contributed by atoms with Crippen molar-refractivity contribution in [2.24, 2.45) is 5.73 Å². The maximum absolute atomic E-state index is 12.6. The van der Waals surface area contributed by atoms with Gasteiger partial charge in [-0.15, -0.1) is 11.3 Å². The smallest absolute Gasteiger partial charge is 0.280 e. The number of nitrogens with zero attached hydrogens (tertiary/aromatic N) is 2. The number of carbonyl (C=O) groups excluding carboxylic acids is 1. The molecule has 1 saturated heterocycles. The maximum atomic E-state index is 12.6. The van der Waals surface area contributed by atoms with Gasteiger partial charge in [0.2, 0.25) is 0 Å². The van der Waals surface area contributed by atoms with Crippen LogP contribution in [-0.4, -0.2) is 66.1 Å². The van der Waals surface area contributed by atoms with Gasteiger partial charge in [-0.05, 0) is 23.9 Å². The molecule has 2 aromatic rings. The lowest BCUT2D eigenvalue weighted by molar-refractivity contribution is 0.0956. The summed E-state index contributed by atoms with van der Waals surface area (Å²) in [6.45, 7) is 3.32. The van der Waals surface area contributed by atoms with Crippen molar-refractivity contribution >= 4 is 66.2 Å². The largest absolute Gasteiger partial charge is 0.494 e. The van der Waals surface area contributed by atoms with Crippen molar-refractivity contribution in [3.05, 3.63) is 17.1 Å². The summed E-state index contributed by atoms with van der Waals surface area (Å²) in [5.41, 5.74) is 6.96. The van der Waals surface area contributed by atoms with Crippen LogP contribution >= 0.6 is 34.9 Å². The van der Waals surface area contributed by atoms with Gasteiger partial charge in [-0.2, -0.15) is 0 Å². The molecule has 5 N–H and O–H groups in total. The number of carbonyl (C=O) groups is 1. The van der Waals surface area contributed by atoms with E-state index in [1.165, 1.54) is 23.1 Å². The Hall–Kier alpha value is -2.02. The molecule has 1 aromatic carbocycles. The third kappa shape index (κ3) is 5.53. The predicted molar refractivity (Wildman–Crippen MR) is 121 cm³/mol. The number of benzene rings is 1. The van der Waals surface area contributed by atoms with Gasteiger partial charge in [-0.3, -0.25) is 15.6 Å². The van der Waals surface area contributed by atoms with Crippen LogP contribution in [-0.2, 0) is 4.74 Å². The van der Waals surface area contributed by atoms with Crippen LogP contribution in [0.1, 0.15) is 9.80 Å². The fourth-order valence-corrected chi connectivity index (χ4v) is 5.18. The van der Waals surface area contributed by atoms with E-state index in [4.69, 9.17) is 26.0 Å². The Labute approximate surface area is 180 Å². The number of hydrogen-bond donors (Lipinski definition) is 4. The Bertz CT molecular complexity index is 913. The molecule has 1 fully saturated rings. The van der Waals surface area contributed by atoms with Gasteiger partial charge in [-0.1, -0.05) is 11.8 Å². The number of amidine groups is 1. The third-order valence-electron chi connectivity index (χ3n) is 4.08. The number of fused-ring (bicyclic) bond motifs is 1. The number of nitrogens with one attached hydrogen (secondary N) is 3.